The summed E-state index contributed by atoms with van der Waals surface area (Å²) in [6.07, 6.45) is 2.53. The molecule has 1 fully saturated rings. The first kappa shape index (κ1) is 18.3. The van der Waals surface area contributed by atoms with E-state index in [1.165, 1.54) is 6.92 Å². The van der Waals surface area contributed by atoms with E-state index in [1.807, 2.05) is 36.9 Å². The van der Waals surface area contributed by atoms with Crippen LogP contribution in [0.5, 0.6) is 0 Å². The maximum atomic E-state index is 12.9. The Morgan fingerprint density at radius 3 is 2.50 bits per heavy atom. The number of nitrogens with one attached hydrogen (secondary N) is 1. The highest BCUT2D eigenvalue weighted by Gasteiger charge is 2.31. The highest BCUT2D eigenvalue weighted by molar-refractivity contribution is 6.02. The number of rotatable bonds is 4. The van der Waals surface area contributed by atoms with Gasteiger partial charge in [-0.25, -0.2) is 0 Å². The number of aliphatic hydroxyl groups excluding tert-OH is 1. The molecule has 1 aliphatic heterocycles. The molecule has 0 saturated carbocycles. The quantitative estimate of drug-likeness (QED) is 0.826. The topological polar surface area (TPSA) is 86.3 Å². The molecule has 3 heterocycles. The summed E-state index contributed by atoms with van der Waals surface area (Å²) in [7, 11) is 0. The maximum Gasteiger partial charge on any atom is 0.255 e. The molecular formula is C20H25N3O3. The Kier molecular flexibility index (Phi) is 5.23. The normalized spacial score (nSPS) is 16.5. The first-order chi connectivity index (χ1) is 12.4. The minimum atomic E-state index is -0.603. The summed E-state index contributed by atoms with van der Waals surface area (Å²) in [5, 5.41) is 10.5. The number of hydrogen-bond acceptors (Lipinski definition) is 4. The van der Waals surface area contributed by atoms with Gasteiger partial charge in [0.05, 0.1) is 23.1 Å². The van der Waals surface area contributed by atoms with Gasteiger partial charge in [0.25, 0.3) is 5.91 Å². The number of aryl methyl sites for hydroxylation is 1. The first-order valence-electron chi connectivity index (χ1n) is 8.98. The van der Waals surface area contributed by atoms with Gasteiger partial charge in [0.1, 0.15) is 0 Å². The molecule has 0 radical (unpaired) electrons. The zero-order valence-corrected chi connectivity index (χ0v) is 15.5. The molecule has 1 unspecified atom stereocenters. The second kappa shape index (κ2) is 7.41. The van der Waals surface area contributed by atoms with Gasteiger partial charge < -0.3 is 15.0 Å². The number of piperidine rings is 1. The Hall–Kier alpha value is -2.47. The molecule has 3 rings (SSSR count). The van der Waals surface area contributed by atoms with Crippen LogP contribution in [0.15, 0.2) is 24.4 Å². The second-order valence-corrected chi connectivity index (χ2v) is 7.01. The first-order valence-corrected chi connectivity index (χ1v) is 8.98. The average Bonchev–Trinajstić information content (AvgIpc) is 2.96. The van der Waals surface area contributed by atoms with E-state index in [2.05, 4.69) is 9.97 Å². The fourth-order valence-electron chi connectivity index (χ4n) is 3.79. The molecule has 0 aromatic carbocycles. The van der Waals surface area contributed by atoms with Crippen molar-refractivity contribution < 1.29 is 14.7 Å². The Balaban J connectivity index is 1.69. The van der Waals surface area contributed by atoms with E-state index < -0.39 is 6.10 Å². The minimum Gasteiger partial charge on any atom is -0.387 e. The molecule has 1 atom stereocenters. The second-order valence-electron chi connectivity index (χ2n) is 7.01. The Bertz CT molecular complexity index is 805. The van der Waals surface area contributed by atoms with Gasteiger partial charge in [-0.05, 0) is 50.3 Å². The molecule has 0 bridgehead atoms. The summed E-state index contributed by atoms with van der Waals surface area (Å²) in [6.45, 7) is 6.31. The van der Waals surface area contributed by atoms with Gasteiger partial charge in [-0.1, -0.05) is 6.07 Å². The van der Waals surface area contributed by atoms with E-state index in [4.69, 9.17) is 0 Å². The van der Waals surface area contributed by atoms with Crippen molar-refractivity contribution in [2.24, 2.45) is 5.92 Å². The van der Waals surface area contributed by atoms with Gasteiger partial charge in [0, 0.05) is 31.9 Å². The van der Waals surface area contributed by atoms with Crippen LogP contribution in [0, 0.1) is 19.8 Å². The van der Waals surface area contributed by atoms with Crippen LogP contribution in [0.2, 0.25) is 0 Å². The summed E-state index contributed by atoms with van der Waals surface area (Å²) in [5.74, 6) is -0.0217. The number of ketones is 1. The van der Waals surface area contributed by atoms with Crippen LogP contribution in [0.3, 0.4) is 0 Å². The number of aromatic nitrogens is 2. The molecule has 6 nitrogen and oxygen atoms in total. The van der Waals surface area contributed by atoms with Crippen LogP contribution < -0.4 is 0 Å². The predicted molar refractivity (Wildman–Crippen MR) is 98.1 cm³/mol. The van der Waals surface area contributed by atoms with Crippen molar-refractivity contribution in [3.8, 4) is 0 Å². The number of hydrogen-bond donors (Lipinski definition) is 2. The fraction of sp³-hybridized carbons (Fsp3) is 0.450. The molecule has 1 saturated heterocycles. The summed E-state index contributed by atoms with van der Waals surface area (Å²) < 4.78 is 0. The number of carbonyl (C=O) groups excluding carboxylic acids is 2. The molecule has 138 valence electrons. The van der Waals surface area contributed by atoms with Crippen LogP contribution in [-0.2, 0) is 0 Å². The summed E-state index contributed by atoms with van der Waals surface area (Å²) >= 11 is 0. The SMILES string of the molecule is CC(=O)c1[nH]c(C)c(C(=O)N2CCC(C(O)c3ccccn3)CC2)c1C. The van der Waals surface area contributed by atoms with Crippen molar-refractivity contribution >= 4 is 11.7 Å². The molecule has 0 spiro atoms. The molecule has 1 amide bonds. The molecular weight excluding hydrogens is 330 g/mol. The number of pyridine rings is 1. The van der Waals surface area contributed by atoms with Crippen LogP contribution >= 0.6 is 0 Å². The van der Waals surface area contributed by atoms with Crippen LogP contribution in [0.1, 0.15) is 63.7 Å². The molecule has 2 aromatic rings. The molecule has 2 aromatic heterocycles. The van der Waals surface area contributed by atoms with Crippen LogP contribution in [-0.4, -0.2) is 44.8 Å². The van der Waals surface area contributed by atoms with E-state index in [-0.39, 0.29) is 17.6 Å². The molecule has 6 heteroatoms. The van der Waals surface area contributed by atoms with Gasteiger partial charge in [-0.2, -0.15) is 0 Å². The number of aromatic amines is 1. The lowest BCUT2D eigenvalue weighted by atomic mass is 9.89. The highest BCUT2D eigenvalue weighted by Crippen LogP contribution is 2.31. The lowest BCUT2D eigenvalue weighted by Gasteiger charge is -2.34. The number of likely N-dealkylation sites (tertiary alicyclic amines) is 1. The number of nitrogens with zero attached hydrogens (tertiary/aromatic N) is 2. The van der Waals surface area contributed by atoms with E-state index in [1.54, 1.807) is 6.20 Å². The third-order valence-electron chi connectivity index (χ3n) is 5.27. The minimum absolute atomic E-state index is 0.0467. The van der Waals surface area contributed by atoms with Gasteiger partial charge in [0.15, 0.2) is 5.78 Å². The van der Waals surface area contributed by atoms with Crippen molar-refractivity contribution in [1.29, 1.82) is 0 Å². The lowest BCUT2D eigenvalue weighted by molar-refractivity contribution is 0.0447. The van der Waals surface area contributed by atoms with Crippen molar-refractivity contribution in [1.82, 2.24) is 14.9 Å². The third-order valence-corrected chi connectivity index (χ3v) is 5.27. The zero-order chi connectivity index (χ0) is 18.8. The zero-order valence-electron chi connectivity index (χ0n) is 15.5. The van der Waals surface area contributed by atoms with Gasteiger partial charge in [0.2, 0.25) is 0 Å². The number of Topliss-reactive ketones (excluding diaryl/α,β-unsaturated/α-hetero) is 1. The van der Waals surface area contributed by atoms with Gasteiger partial charge >= 0.3 is 0 Å². The Morgan fingerprint density at radius 1 is 1.27 bits per heavy atom. The number of H-pyrrole nitrogens is 1. The Morgan fingerprint density at radius 2 is 1.96 bits per heavy atom. The third kappa shape index (κ3) is 3.42. The van der Waals surface area contributed by atoms with Crippen molar-refractivity contribution in [2.45, 2.75) is 39.7 Å². The Labute approximate surface area is 153 Å². The van der Waals surface area contributed by atoms with E-state index >= 15 is 0 Å². The maximum absolute atomic E-state index is 12.9. The largest absolute Gasteiger partial charge is 0.387 e. The highest BCUT2D eigenvalue weighted by atomic mass is 16.3. The molecule has 26 heavy (non-hydrogen) atoms. The van der Waals surface area contributed by atoms with Crippen molar-refractivity contribution in [3.05, 3.63) is 52.6 Å². The van der Waals surface area contributed by atoms with Crippen molar-refractivity contribution in [3.63, 3.8) is 0 Å². The summed E-state index contributed by atoms with van der Waals surface area (Å²) in [4.78, 5) is 33.7. The fourth-order valence-corrected chi connectivity index (χ4v) is 3.79. The van der Waals surface area contributed by atoms with Crippen LogP contribution in [0.4, 0.5) is 0 Å². The van der Waals surface area contributed by atoms with Gasteiger partial charge in [-0.15, -0.1) is 0 Å². The molecule has 2 N–H and O–H groups in total. The monoisotopic (exact) mass is 355 g/mol. The van der Waals surface area contributed by atoms with Gasteiger partial charge in [-0.3, -0.25) is 14.6 Å². The summed E-state index contributed by atoms with van der Waals surface area (Å²) in [6, 6.07) is 5.53. The smallest absolute Gasteiger partial charge is 0.255 e. The predicted octanol–water partition coefficient (Wildman–Crippen LogP) is 2.81. The van der Waals surface area contributed by atoms with E-state index in [0.717, 1.165) is 24.1 Å². The number of amides is 1. The number of aliphatic hydroxyl groups is 1. The molecule has 1 aliphatic rings. The van der Waals surface area contributed by atoms with Crippen molar-refractivity contribution in [2.75, 3.05) is 13.1 Å². The van der Waals surface area contributed by atoms with Crippen LogP contribution in [0.25, 0.3) is 0 Å². The standard InChI is InChI=1S/C20H25N3O3/c1-12-17(13(2)22-18(12)14(3)24)20(26)23-10-7-15(8-11-23)19(25)16-6-4-5-9-21-16/h4-6,9,15,19,22,25H,7-8,10-11H2,1-3H3. The number of carbonyl (C=O) groups is 2. The molecule has 0 aliphatic carbocycles. The summed E-state index contributed by atoms with van der Waals surface area (Å²) in [5.41, 5.74) is 3.23. The average molecular weight is 355 g/mol. The lowest BCUT2D eigenvalue weighted by Crippen LogP contribution is -2.40. The van der Waals surface area contributed by atoms with E-state index in [0.29, 0.717) is 30.0 Å². The van der Waals surface area contributed by atoms with E-state index in [9.17, 15) is 14.7 Å².